The molecule has 3 heteroatoms. The normalized spacial score (nSPS) is 15.0. The molecule has 38 valence electrons. The summed E-state index contributed by atoms with van der Waals surface area (Å²) in [5.74, 6) is 0. The first-order chi connectivity index (χ1) is 2.81. The molecule has 0 radical (unpaired) electrons. The topological polar surface area (TPSA) is 0 Å². The summed E-state index contributed by atoms with van der Waals surface area (Å²) in [6.45, 7) is 2.16. The first-order valence-corrected chi connectivity index (χ1v) is 4.94. The van der Waals surface area contributed by atoms with Crippen LogP contribution in [0.15, 0.2) is 0 Å². The van der Waals surface area contributed by atoms with E-state index in [0.29, 0.717) is 0 Å². The molecule has 0 bridgehead atoms. The second-order valence-corrected chi connectivity index (χ2v) is 5.06. The fourth-order valence-electron chi connectivity index (χ4n) is 0.0630. The second kappa shape index (κ2) is 4.03. The van der Waals surface area contributed by atoms with Crippen LogP contribution in [-0.4, -0.2) is 15.1 Å². The summed E-state index contributed by atoms with van der Waals surface area (Å²) in [5, 5.41) is 0. The predicted molar refractivity (Wildman–Crippen MR) is 37.5 cm³/mol. The lowest BCUT2D eigenvalue weighted by Gasteiger charge is -1.95. The highest BCUT2D eigenvalue weighted by Gasteiger charge is 1.91. The highest BCUT2D eigenvalue weighted by molar-refractivity contribution is 8.22. The van der Waals surface area contributed by atoms with Crippen LogP contribution in [0.4, 0.5) is 0 Å². The largest absolute Gasteiger partial charge is 0.0646 e. The van der Waals surface area contributed by atoms with Crippen LogP contribution in [0.25, 0.3) is 0 Å². The molecule has 1 atom stereocenters. The molecule has 0 rings (SSSR count). The van der Waals surface area contributed by atoms with E-state index in [1.807, 2.05) is 0 Å². The van der Waals surface area contributed by atoms with E-state index in [9.17, 15) is 0 Å². The number of hydrogen-bond acceptors (Lipinski definition) is 1. The third kappa shape index (κ3) is 3.06. The van der Waals surface area contributed by atoms with Gasteiger partial charge >= 0.3 is 0 Å². The molecule has 0 N–H and O–H groups in total. The molecule has 0 spiro atoms. The summed E-state index contributed by atoms with van der Waals surface area (Å²) < 4.78 is 0. The molecular formula is C3H9ClSSi. The standard InChI is InChI=1S/C3H9ClSSi/c1-2-3(6)5-4/h3H,2H2,1,6H3. The Labute approximate surface area is 50.6 Å². The van der Waals surface area contributed by atoms with Gasteiger partial charge in [0.05, 0.1) is 0 Å². The van der Waals surface area contributed by atoms with Crippen molar-refractivity contribution in [3.63, 3.8) is 0 Å². The highest BCUT2D eigenvalue weighted by atomic mass is 35.7. The lowest BCUT2D eigenvalue weighted by atomic mass is 10.6. The van der Waals surface area contributed by atoms with Crippen LogP contribution in [0, 0.1) is 0 Å². The average molecular weight is 141 g/mol. The van der Waals surface area contributed by atoms with Crippen molar-refractivity contribution in [3.8, 4) is 0 Å². The molecule has 0 aromatic heterocycles. The zero-order valence-electron chi connectivity index (χ0n) is 4.07. The van der Waals surface area contributed by atoms with Gasteiger partial charge in [-0.05, 0) is 17.1 Å². The molecule has 0 aliphatic heterocycles. The highest BCUT2D eigenvalue weighted by Crippen LogP contribution is 2.13. The zero-order chi connectivity index (χ0) is 4.99. The van der Waals surface area contributed by atoms with E-state index in [2.05, 4.69) is 6.92 Å². The van der Waals surface area contributed by atoms with Crippen molar-refractivity contribution in [2.45, 2.75) is 18.2 Å². The summed E-state index contributed by atoms with van der Waals surface area (Å²) >= 11 is 0. The summed E-state index contributed by atoms with van der Waals surface area (Å²) in [4.78, 5) is 0.756. The van der Waals surface area contributed by atoms with Crippen LogP contribution < -0.4 is 0 Å². The van der Waals surface area contributed by atoms with E-state index in [4.69, 9.17) is 10.7 Å². The van der Waals surface area contributed by atoms with E-state index in [-0.39, 0.29) is 0 Å². The van der Waals surface area contributed by atoms with Crippen molar-refractivity contribution in [3.05, 3.63) is 0 Å². The van der Waals surface area contributed by atoms with E-state index in [0.717, 1.165) is 4.87 Å². The first kappa shape index (κ1) is 6.86. The van der Waals surface area contributed by atoms with Crippen LogP contribution >= 0.6 is 21.7 Å². The fraction of sp³-hybridized carbons (Fsp3) is 1.00. The van der Waals surface area contributed by atoms with Gasteiger partial charge in [0.1, 0.15) is 0 Å². The van der Waals surface area contributed by atoms with Crippen LogP contribution in [-0.2, 0) is 0 Å². The van der Waals surface area contributed by atoms with Crippen molar-refractivity contribution in [2.75, 3.05) is 0 Å². The number of hydrogen-bond donors (Lipinski definition) is 0. The van der Waals surface area contributed by atoms with Gasteiger partial charge < -0.3 is 0 Å². The minimum absolute atomic E-state index is 0.756. The van der Waals surface area contributed by atoms with Gasteiger partial charge in [-0.2, -0.15) is 0 Å². The number of halogens is 1. The van der Waals surface area contributed by atoms with E-state index in [1.54, 1.807) is 0 Å². The zero-order valence-corrected chi connectivity index (χ0v) is 7.64. The van der Waals surface area contributed by atoms with Gasteiger partial charge in [-0.15, -0.1) is 0 Å². The third-order valence-corrected chi connectivity index (χ3v) is 4.70. The van der Waals surface area contributed by atoms with Gasteiger partial charge in [0, 0.05) is 15.1 Å². The Kier molecular flexibility index (Phi) is 4.60. The summed E-state index contributed by atoms with van der Waals surface area (Å²) in [6.07, 6.45) is 1.22. The van der Waals surface area contributed by atoms with Crippen LogP contribution in [0.2, 0.25) is 0 Å². The van der Waals surface area contributed by atoms with Crippen LogP contribution in [0.5, 0.6) is 0 Å². The maximum Gasteiger partial charge on any atom is 0.0208 e. The molecule has 0 aliphatic carbocycles. The molecule has 0 fully saturated rings. The number of rotatable bonds is 2. The maximum absolute atomic E-state index is 5.40. The molecular weight excluding hydrogens is 132 g/mol. The average Bonchev–Trinajstić information content (AvgIpc) is 1.65. The van der Waals surface area contributed by atoms with Gasteiger partial charge in [-0.3, -0.25) is 0 Å². The Morgan fingerprint density at radius 2 is 2.50 bits per heavy atom. The summed E-state index contributed by atoms with van der Waals surface area (Å²) in [5.41, 5.74) is 0. The molecule has 0 nitrogen and oxygen atoms in total. The van der Waals surface area contributed by atoms with Gasteiger partial charge in [0.15, 0.2) is 0 Å². The smallest absolute Gasteiger partial charge is 0.0208 e. The quantitative estimate of drug-likeness (QED) is 0.516. The van der Waals surface area contributed by atoms with Gasteiger partial charge in [0.25, 0.3) is 0 Å². The molecule has 1 unspecified atom stereocenters. The molecule has 0 heterocycles. The maximum atomic E-state index is 5.40. The van der Waals surface area contributed by atoms with Crippen LogP contribution in [0.1, 0.15) is 13.3 Å². The summed E-state index contributed by atoms with van der Waals surface area (Å²) in [7, 11) is 8.08. The Bertz CT molecular complexity index is 30.0. The molecule has 0 amide bonds. The fourth-order valence-corrected chi connectivity index (χ4v) is 0.567. The molecule has 0 aromatic carbocycles. The monoisotopic (exact) mass is 140 g/mol. The van der Waals surface area contributed by atoms with Gasteiger partial charge in [0.2, 0.25) is 0 Å². The lowest BCUT2D eigenvalue weighted by molar-refractivity contribution is 1.05. The van der Waals surface area contributed by atoms with Crippen LogP contribution in [0.3, 0.4) is 0 Å². The van der Waals surface area contributed by atoms with Gasteiger partial charge in [-0.1, -0.05) is 17.9 Å². The lowest BCUT2D eigenvalue weighted by Crippen LogP contribution is -1.93. The van der Waals surface area contributed by atoms with E-state index in [1.165, 1.54) is 27.6 Å². The molecule has 0 saturated carbocycles. The van der Waals surface area contributed by atoms with Gasteiger partial charge in [-0.25, -0.2) is 0 Å². The SMILES string of the molecule is CCC([SiH3])SCl. The van der Waals surface area contributed by atoms with E-state index >= 15 is 0 Å². The van der Waals surface area contributed by atoms with Crippen molar-refractivity contribution in [2.24, 2.45) is 0 Å². The Morgan fingerprint density at radius 3 is 2.50 bits per heavy atom. The first-order valence-electron chi connectivity index (χ1n) is 2.08. The van der Waals surface area contributed by atoms with Crippen molar-refractivity contribution >= 4 is 31.9 Å². The molecule has 0 saturated heterocycles. The Balaban J connectivity index is 2.75. The summed E-state index contributed by atoms with van der Waals surface area (Å²) in [6, 6.07) is 0. The van der Waals surface area contributed by atoms with Crippen molar-refractivity contribution < 1.29 is 0 Å². The molecule has 0 aliphatic rings. The Hall–Kier alpha value is 0.857. The molecule has 0 aromatic rings. The minimum Gasteiger partial charge on any atom is -0.0646 e. The van der Waals surface area contributed by atoms with Crippen molar-refractivity contribution in [1.29, 1.82) is 0 Å². The molecule has 6 heavy (non-hydrogen) atoms. The minimum atomic E-state index is 0.756. The predicted octanol–water partition coefficient (Wildman–Crippen LogP) is 0.975. The second-order valence-electron chi connectivity index (χ2n) is 1.31. The van der Waals surface area contributed by atoms with E-state index < -0.39 is 0 Å². The Morgan fingerprint density at radius 1 is 2.00 bits per heavy atom. The van der Waals surface area contributed by atoms with Crippen molar-refractivity contribution in [1.82, 2.24) is 0 Å². The third-order valence-electron chi connectivity index (χ3n) is 0.727.